The van der Waals surface area contributed by atoms with E-state index in [1.54, 1.807) is 0 Å². The van der Waals surface area contributed by atoms with Crippen molar-refractivity contribution >= 4 is 70.4 Å². The van der Waals surface area contributed by atoms with E-state index in [0.29, 0.717) is 79.3 Å². The Morgan fingerprint density at radius 2 is 0.389 bits per heavy atom. The zero-order chi connectivity index (χ0) is 50.2. The molecule has 1 N–H and O–H groups in total. The van der Waals surface area contributed by atoms with Crippen LogP contribution < -0.4 is 61.4 Å². The van der Waals surface area contributed by atoms with E-state index in [-0.39, 0.29) is 156 Å². The van der Waals surface area contributed by atoms with Crippen LogP contribution in [0.2, 0.25) is 48.4 Å². The van der Waals surface area contributed by atoms with Crippen LogP contribution in [0.1, 0.15) is 51.4 Å². The molecule has 0 atom stereocenters. The van der Waals surface area contributed by atoms with Gasteiger partial charge in [-0.1, -0.05) is 0 Å². The third-order valence-electron chi connectivity index (χ3n) is 10.3. The standard InChI is InChI=1S/C24H32N8O12Si8.C12H24O6.FH.K/c25-9-1-17-45-33-46(18-2-10-26)36-49(21-5-13-29)38-47(34-45,19-3-11-27)40-51(23-7-15-31)41-48(35-45,20-4-12-28)39-50(37-46,22-6-14-30)43-52(42-49,44-51)24-8-16-32;1-2-14-5-6-16-9-10-18-12-11-17-8-7-15-4-3-13-1;;/h1-8,17-24H2;1-12H2;1H;/q;;;+1. The smallest absolute Gasteiger partial charge is 1.00 e. The first kappa shape index (κ1) is 64.8. The van der Waals surface area contributed by atoms with Crippen LogP contribution >= 0.6 is 0 Å². The summed E-state index contributed by atoms with van der Waals surface area (Å²) in [7, 11) is -36.0. The molecule has 0 aromatic heterocycles. The molecule has 72 heavy (non-hydrogen) atoms. The van der Waals surface area contributed by atoms with Gasteiger partial charge >= 0.3 is 122 Å². The number of rotatable bonds is 16. The fourth-order valence-electron chi connectivity index (χ4n) is 7.57. The second-order valence-electron chi connectivity index (χ2n) is 15.6. The quantitative estimate of drug-likeness (QED) is 0.142. The largest absolute Gasteiger partial charge is 1.00 e. The SMILES string of the molecule is C1COCCOCCOCCOCCOCCO1.N#CCC[Si]12O[Si]3(CCC#N)O[Si]4(CCC#N)O[Si](CCC#N)(O1)O[Si]1(CCC#N)O[Si](CCC#N)(O2)O[Si](CCC#N)(O3)O[Si](CCC#[NH+])(O4)O1.[F-].[K+]. The van der Waals surface area contributed by atoms with Crippen molar-refractivity contribution in [2.45, 2.75) is 99.7 Å². The van der Waals surface area contributed by atoms with E-state index in [9.17, 15) is 36.8 Å². The summed E-state index contributed by atoms with van der Waals surface area (Å²) in [6, 6.07) is 15.3. The molecule has 0 aromatic carbocycles. The van der Waals surface area contributed by atoms with Crippen molar-refractivity contribution in [3.05, 3.63) is 0 Å². The average molecular weight is 1170 g/mol. The van der Waals surface area contributed by atoms with Gasteiger partial charge in [-0.25, -0.2) is 0 Å². The van der Waals surface area contributed by atoms with Gasteiger partial charge in [0.15, 0.2) is 0 Å². The summed E-state index contributed by atoms with van der Waals surface area (Å²) >= 11 is 0. The Morgan fingerprint density at radius 3 is 0.500 bits per heavy atom. The summed E-state index contributed by atoms with van der Waals surface area (Å²) in [4.78, 5) is 0. The molecule has 26 nitrogen and oxygen atoms in total. The van der Waals surface area contributed by atoms with E-state index in [1.807, 2.05) is 0 Å². The second kappa shape index (κ2) is 32.3. The minimum Gasteiger partial charge on any atom is -1.00 e. The van der Waals surface area contributed by atoms with E-state index < -0.39 is 70.4 Å². The van der Waals surface area contributed by atoms with Gasteiger partial charge in [0.25, 0.3) is 6.07 Å². The van der Waals surface area contributed by atoms with Gasteiger partial charge in [0, 0.05) is 93.3 Å². The number of halogens is 1. The van der Waals surface area contributed by atoms with Gasteiger partial charge in [-0.15, -0.1) is 5.26 Å². The van der Waals surface area contributed by atoms with Gasteiger partial charge in [0.2, 0.25) is 0 Å². The first-order chi connectivity index (χ1) is 34.0. The topological polar surface area (TPSA) is 356 Å². The zero-order valence-electron chi connectivity index (χ0n) is 40.2. The molecule has 8 bridgehead atoms. The zero-order valence-corrected chi connectivity index (χ0v) is 51.3. The molecule has 0 amide bonds. The Hall–Kier alpha value is -1.50. The van der Waals surface area contributed by atoms with Crippen LogP contribution in [0.25, 0.3) is 0 Å². The van der Waals surface area contributed by atoms with Crippen molar-refractivity contribution in [3.8, 4) is 48.6 Å². The van der Waals surface area contributed by atoms with Crippen LogP contribution in [0.15, 0.2) is 0 Å². The molecule has 0 radical (unpaired) electrons. The van der Waals surface area contributed by atoms with E-state index >= 15 is 0 Å². The van der Waals surface area contributed by atoms with Crippen molar-refractivity contribution in [1.29, 1.82) is 36.8 Å². The minimum absolute atomic E-state index is 0. The summed E-state index contributed by atoms with van der Waals surface area (Å²) in [5.74, 6) is 0. The number of hydrogen-bond acceptors (Lipinski definition) is 25. The van der Waals surface area contributed by atoms with Gasteiger partial charge in [0.05, 0.1) is 128 Å². The molecule has 7 rings (SSSR count). The molecule has 7 fully saturated rings. The van der Waals surface area contributed by atoms with E-state index in [0.717, 1.165) is 0 Å². The normalized spacial score (nSPS) is 34.6. The van der Waals surface area contributed by atoms with Gasteiger partial charge in [-0.3, -0.25) is 0 Å². The van der Waals surface area contributed by atoms with Crippen molar-refractivity contribution in [3.63, 3.8) is 0 Å². The van der Waals surface area contributed by atoms with Crippen molar-refractivity contribution in [1.82, 2.24) is 0 Å². The first-order valence-corrected chi connectivity index (χ1v) is 38.3. The maximum atomic E-state index is 9.84. The monoisotopic (exact) mass is 1170 g/mol. The molecular formula is C36H57FKN8O18Si8+. The summed E-state index contributed by atoms with van der Waals surface area (Å²) in [5, 5.41) is 76.6. The van der Waals surface area contributed by atoms with Crippen molar-refractivity contribution in [2.75, 3.05) is 79.3 Å². The maximum absolute atomic E-state index is 9.84. The first-order valence-electron chi connectivity index (χ1n) is 22.8. The molecule has 36 heteroatoms. The number of nitriles is 7. The Balaban J connectivity index is 0.000000580. The molecule has 0 aromatic rings. The van der Waals surface area contributed by atoms with Crippen LogP contribution in [0.3, 0.4) is 0 Å². The number of nitrogens with one attached hydrogen (secondary N) is 1. The molecule has 7 saturated heterocycles. The molecule has 0 spiro atoms. The third kappa shape index (κ3) is 18.9. The molecule has 0 aliphatic carbocycles. The predicted molar refractivity (Wildman–Crippen MR) is 243 cm³/mol. The number of nitrogens with zero attached hydrogens (tertiary/aromatic N) is 7. The van der Waals surface area contributed by atoms with Gasteiger partial charge < -0.3 is 82.5 Å². The van der Waals surface area contributed by atoms with Crippen LogP contribution in [-0.2, 0) is 77.8 Å². The van der Waals surface area contributed by atoms with E-state index in [2.05, 4.69) is 48.6 Å². The van der Waals surface area contributed by atoms with Crippen molar-refractivity contribution < 1.29 is 139 Å². The van der Waals surface area contributed by atoms with Crippen LogP contribution in [-0.4, -0.2) is 150 Å². The number of hydrogen-bond donors (Lipinski definition) is 1. The van der Waals surface area contributed by atoms with Crippen LogP contribution in [0, 0.1) is 85.4 Å². The summed E-state index contributed by atoms with van der Waals surface area (Å²) in [5.41, 5.74) is 0. The Kier molecular flexibility index (Phi) is 29.1. The van der Waals surface area contributed by atoms with E-state index in [1.165, 1.54) is 0 Å². The summed E-state index contributed by atoms with van der Waals surface area (Å²) in [6.45, 7) is 7.04. The molecule has 0 saturated carbocycles. The summed E-state index contributed by atoms with van der Waals surface area (Å²) < 4.78 is 116. The Bertz CT molecular complexity index is 1560. The fourth-order valence-corrected chi connectivity index (χ4v) is 56.5. The molecular weight excluding hydrogens is 1120 g/mol. The minimum atomic E-state index is -4.51. The number of ether oxygens (including phenoxy) is 6. The average Bonchev–Trinajstić information content (AvgIpc) is 3.31. The van der Waals surface area contributed by atoms with Crippen LogP contribution in [0.5, 0.6) is 0 Å². The van der Waals surface area contributed by atoms with Gasteiger partial charge in [-0.05, 0) is 0 Å². The molecule has 388 valence electrons. The Morgan fingerprint density at radius 1 is 0.264 bits per heavy atom. The van der Waals surface area contributed by atoms with Gasteiger partial charge in [0.1, 0.15) is 0 Å². The summed E-state index contributed by atoms with van der Waals surface area (Å²) in [6.07, 6.45) is -1.38. The second-order valence-corrected chi connectivity index (χ2v) is 40.4. The van der Waals surface area contributed by atoms with Gasteiger partial charge in [-0.2, -0.15) is 36.8 Å². The predicted octanol–water partition coefficient (Wildman–Crippen LogP) is -4.57. The molecule has 0 unspecified atom stereocenters. The Labute approximate surface area is 469 Å². The third-order valence-corrected chi connectivity index (χ3v) is 47.1. The maximum Gasteiger partial charge on any atom is 1.00 e. The molecule has 7 aliphatic heterocycles. The molecule has 7 aliphatic rings. The molecule has 7 heterocycles. The van der Waals surface area contributed by atoms with Crippen molar-refractivity contribution in [2.24, 2.45) is 0 Å². The fraction of sp³-hybridized carbons (Fsp3) is 0.778. The van der Waals surface area contributed by atoms with E-state index in [4.69, 9.17) is 83.1 Å². The van der Waals surface area contributed by atoms with Crippen LogP contribution in [0.4, 0.5) is 0 Å².